The van der Waals surface area contributed by atoms with E-state index in [-0.39, 0.29) is 5.91 Å². The molecule has 0 radical (unpaired) electrons. The normalized spacial score (nSPS) is 10.7. The van der Waals surface area contributed by atoms with E-state index in [0.29, 0.717) is 0 Å². The number of benzene rings is 3. The lowest BCUT2D eigenvalue weighted by molar-refractivity contribution is -0.114. The summed E-state index contributed by atoms with van der Waals surface area (Å²) in [4.78, 5) is 20.7. The van der Waals surface area contributed by atoms with E-state index in [1.807, 2.05) is 60.0 Å². The second kappa shape index (κ2) is 9.36. The molecule has 2 N–H and O–H groups in total. The number of nitrogens with one attached hydrogen (secondary N) is 2. The van der Waals surface area contributed by atoms with E-state index in [4.69, 9.17) is 9.97 Å². The van der Waals surface area contributed by atoms with Crippen LogP contribution in [-0.4, -0.2) is 15.9 Å². The SMILES string of the molecule is CC(=O)Nc1ccc(-c2csc(Nc3ccc(-c4csc(-c5ccccc5)n4)cc3)n2)cc1. The second-order valence-electron chi connectivity index (χ2n) is 7.40. The Kier molecular flexibility index (Phi) is 5.97. The number of hydrogen-bond donors (Lipinski definition) is 2. The van der Waals surface area contributed by atoms with Crippen LogP contribution in [0.4, 0.5) is 16.5 Å². The van der Waals surface area contributed by atoms with Crippen LogP contribution < -0.4 is 10.6 Å². The molecule has 5 aromatic rings. The Morgan fingerprint density at radius 2 is 1.30 bits per heavy atom. The molecule has 0 saturated carbocycles. The van der Waals surface area contributed by atoms with Crippen molar-refractivity contribution >= 4 is 45.1 Å². The molecule has 0 aliphatic heterocycles. The highest BCUT2D eigenvalue weighted by Gasteiger charge is 2.08. The van der Waals surface area contributed by atoms with Crippen LogP contribution in [0.25, 0.3) is 33.1 Å². The predicted octanol–water partition coefficient (Wildman–Crippen LogP) is 7.30. The van der Waals surface area contributed by atoms with Crippen LogP contribution in [0.1, 0.15) is 6.92 Å². The average molecular weight is 469 g/mol. The zero-order valence-corrected chi connectivity index (χ0v) is 19.4. The standard InChI is InChI=1S/C26H20N4OS2/c1-17(31)27-21-11-7-19(8-12-21)24-16-33-26(30-24)28-22-13-9-18(10-14-22)23-15-32-25(29-23)20-5-3-2-4-6-20/h2-16H,1H3,(H,27,31)(H,28,30). The molecular weight excluding hydrogens is 448 g/mol. The van der Waals surface area contributed by atoms with Gasteiger partial charge in [-0.3, -0.25) is 4.79 Å². The fraction of sp³-hybridized carbons (Fsp3) is 0.0385. The highest BCUT2D eigenvalue weighted by atomic mass is 32.1. The lowest BCUT2D eigenvalue weighted by Gasteiger charge is -2.04. The minimum Gasteiger partial charge on any atom is -0.332 e. The van der Waals surface area contributed by atoms with Crippen LogP contribution in [0.5, 0.6) is 0 Å². The topological polar surface area (TPSA) is 66.9 Å². The third-order valence-electron chi connectivity index (χ3n) is 4.96. The van der Waals surface area contributed by atoms with Crippen molar-refractivity contribution in [1.82, 2.24) is 9.97 Å². The minimum absolute atomic E-state index is 0.0830. The van der Waals surface area contributed by atoms with Crippen molar-refractivity contribution in [2.75, 3.05) is 10.6 Å². The molecule has 5 rings (SSSR count). The monoisotopic (exact) mass is 468 g/mol. The Morgan fingerprint density at radius 3 is 1.97 bits per heavy atom. The van der Waals surface area contributed by atoms with E-state index in [0.717, 1.165) is 49.6 Å². The maximum Gasteiger partial charge on any atom is 0.221 e. The summed E-state index contributed by atoms with van der Waals surface area (Å²) in [6.45, 7) is 1.50. The number of aromatic nitrogens is 2. The van der Waals surface area contributed by atoms with Gasteiger partial charge >= 0.3 is 0 Å². The molecule has 1 amide bonds. The van der Waals surface area contributed by atoms with Gasteiger partial charge in [0.15, 0.2) is 5.13 Å². The molecule has 2 heterocycles. The molecule has 0 spiro atoms. The van der Waals surface area contributed by atoms with Crippen LogP contribution in [0.3, 0.4) is 0 Å². The van der Waals surface area contributed by atoms with Crippen LogP contribution in [0.2, 0.25) is 0 Å². The third-order valence-corrected chi connectivity index (χ3v) is 6.61. The van der Waals surface area contributed by atoms with Crippen LogP contribution in [0.15, 0.2) is 89.6 Å². The van der Waals surface area contributed by atoms with E-state index in [2.05, 4.69) is 40.3 Å². The van der Waals surface area contributed by atoms with Crippen LogP contribution >= 0.6 is 22.7 Å². The molecule has 7 heteroatoms. The fourth-order valence-corrected chi connectivity index (χ4v) is 4.93. The Bertz CT molecular complexity index is 1370. The summed E-state index contributed by atoms with van der Waals surface area (Å²) in [5, 5.41) is 12.1. The zero-order valence-electron chi connectivity index (χ0n) is 17.8. The number of amides is 1. The molecule has 5 nitrogen and oxygen atoms in total. The number of hydrogen-bond acceptors (Lipinski definition) is 6. The van der Waals surface area contributed by atoms with Crippen molar-refractivity contribution in [3.63, 3.8) is 0 Å². The number of carbonyl (C=O) groups excluding carboxylic acids is 1. The molecule has 0 unspecified atom stereocenters. The fourth-order valence-electron chi connectivity index (χ4n) is 3.36. The molecule has 0 bridgehead atoms. The van der Waals surface area contributed by atoms with Crippen molar-refractivity contribution in [2.45, 2.75) is 6.92 Å². The van der Waals surface area contributed by atoms with E-state index in [1.54, 1.807) is 22.7 Å². The lowest BCUT2D eigenvalue weighted by Crippen LogP contribution is -2.05. The Labute approximate surface area is 199 Å². The Hall–Kier alpha value is -3.81. The van der Waals surface area contributed by atoms with Gasteiger partial charge in [0.25, 0.3) is 0 Å². The first-order valence-electron chi connectivity index (χ1n) is 10.4. The van der Waals surface area contributed by atoms with Crippen molar-refractivity contribution < 1.29 is 4.79 Å². The number of carbonyl (C=O) groups is 1. The second-order valence-corrected chi connectivity index (χ2v) is 9.12. The Balaban J connectivity index is 1.26. The van der Waals surface area contributed by atoms with Crippen molar-refractivity contribution in [3.05, 3.63) is 89.6 Å². The first-order chi connectivity index (χ1) is 16.1. The molecule has 3 aromatic carbocycles. The van der Waals surface area contributed by atoms with Gasteiger partial charge in [0, 0.05) is 45.7 Å². The number of nitrogens with zero attached hydrogens (tertiary/aromatic N) is 2. The van der Waals surface area contributed by atoms with Crippen molar-refractivity contribution in [2.24, 2.45) is 0 Å². The van der Waals surface area contributed by atoms with Gasteiger partial charge in [-0.2, -0.15) is 0 Å². The highest BCUT2D eigenvalue weighted by molar-refractivity contribution is 7.14. The summed E-state index contributed by atoms with van der Waals surface area (Å²) >= 11 is 3.21. The first kappa shape index (κ1) is 21.1. The largest absolute Gasteiger partial charge is 0.332 e. The molecule has 33 heavy (non-hydrogen) atoms. The molecule has 162 valence electrons. The summed E-state index contributed by atoms with van der Waals surface area (Å²) in [6, 6.07) is 26.1. The Morgan fingerprint density at radius 1 is 0.697 bits per heavy atom. The van der Waals surface area contributed by atoms with Gasteiger partial charge < -0.3 is 10.6 Å². The number of rotatable bonds is 6. The maximum atomic E-state index is 11.2. The highest BCUT2D eigenvalue weighted by Crippen LogP contribution is 2.31. The smallest absolute Gasteiger partial charge is 0.221 e. The average Bonchev–Trinajstić information content (AvgIpc) is 3.51. The predicted molar refractivity (Wildman–Crippen MR) is 138 cm³/mol. The van der Waals surface area contributed by atoms with Gasteiger partial charge in [0.05, 0.1) is 11.4 Å². The molecule has 0 saturated heterocycles. The lowest BCUT2D eigenvalue weighted by atomic mass is 10.1. The molecule has 0 aliphatic rings. The van der Waals surface area contributed by atoms with E-state index < -0.39 is 0 Å². The third kappa shape index (κ3) is 5.00. The summed E-state index contributed by atoms with van der Waals surface area (Å²) in [5.41, 5.74) is 6.83. The van der Waals surface area contributed by atoms with Gasteiger partial charge in [-0.1, -0.05) is 54.6 Å². The minimum atomic E-state index is -0.0830. The van der Waals surface area contributed by atoms with Gasteiger partial charge in [0.2, 0.25) is 5.91 Å². The summed E-state index contributed by atoms with van der Waals surface area (Å²) in [5.74, 6) is -0.0830. The first-order valence-corrected chi connectivity index (χ1v) is 12.1. The molecule has 0 aliphatic carbocycles. The van der Waals surface area contributed by atoms with E-state index in [1.165, 1.54) is 6.92 Å². The summed E-state index contributed by atoms with van der Waals surface area (Å²) in [6.07, 6.45) is 0. The van der Waals surface area contributed by atoms with Crippen LogP contribution in [0, 0.1) is 0 Å². The van der Waals surface area contributed by atoms with Crippen molar-refractivity contribution in [3.8, 4) is 33.1 Å². The maximum absolute atomic E-state index is 11.2. The zero-order chi connectivity index (χ0) is 22.6. The van der Waals surface area contributed by atoms with Gasteiger partial charge in [0.1, 0.15) is 5.01 Å². The molecule has 0 atom stereocenters. The van der Waals surface area contributed by atoms with Crippen LogP contribution in [-0.2, 0) is 4.79 Å². The molecule has 2 aromatic heterocycles. The quantitative estimate of drug-likeness (QED) is 0.274. The van der Waals surface area contributed by atoms with Gasteiger partial charge in [-0.25, -0.2) is 9.97 Å². The van der Waals surface area contributed by atoms with Gasteiger partial charge in [-0.05, 0) is 24.3 Å². The molecular formula is C26H20N4OS2. The van der Waals surface area contributed by atoms with E-state index >= 15 is 0 Å². The van der Waals surface area contributed by atoms with Gasteiger partial charge in [-0.15, -0.1) is 22.7 Å². The summed E-state index contributed by atoms with van der Waals surface area (Å²) in [7, 11) is 0. The number of anilines is 3. The molecule has 0 fully saturated rings. The summed E-state index contributed by atoms with van der Waals surface area (Å²) < 4.78 is 0. The number of thiazole rings is 2. The van der Waals surface area contributed by atoms with E-state index in [9.17, 15) is 4.79 Å². The van der Waals surface area contributed by atoms with Crippen molar-refractivity contribution in [1.29, 1.82) is 0 Å².